The highest BCUT2D eigenvalue weighted by Crippen LogP contribution is 2.22. The summed E-state index contributed by atoms with van der Waals surface area (Å²) >= 11 is 2.24. The van der Waals surface area contributed by atoms with Crippen LogP contribution in [-0.2, 0) is 6.42 Å². The molecule has 1 heterocycles. The molecule has 16 heavy (non-hydrogen) atoms. The quantitative estimate of drug-likeness (QED) is 0.880. The lowest BCUT2D eigenvalue weighted by Crippen LogP contribution is -2.03. The first-order valence-electron chi connectivity index (χ1n) is 5.09. The fourth-order valence-corrected chi connectivity index (χ4v) is 2.34. The maximum absolute atomic E-state index is 10.1. The topological polar surface area (TPSA) is 33.1 Å². The number of aliphatic hydroxyl groups is 1. The van der Waals surface area contributed by atoms with Gasteiger partial charge in [-0.2, -0.15) is 0 Å². The van der Waals surface area contributed by atoms with Crippen LogP contribution in [0.15, 0.2) is 48.8 Å². The van der Waals surface area contributed by atoms with Crippen LogP contribution in [0.2, 0.25) is 0 Å². The van der Waals surface area contributed by atoms with E-state index in [9.17, 15) is 5.11 Å². The van der Waals surface area contributed by atoms with Crippen molar-refractivity contribution >= 4 is 22.6 Å². The molecule has 0 radical (unpaired) electrons. The molecule has 0 bridgehead atoms. The predicted molar refractivity (Wildman–Crippen MR) is 72.1 cm³/mol. The lowest BCUT2D eigenvalue weighted by molar-refractivity contribution is 0.177. The van der Waals surface area contributed by atoms with Crippen LogP contribution in [0.5, 0.6) is 0 Å². The molecule has 1 unspecified atom stereocenters. The highest BCUT2D eigenvalue weighted by atomic mass is 127. The van der Waals surface area contributed by atoms with Crippen LogP contribution >= 0.6 is 22.6 Å². The minimum absolute atomic E-state index is 0.461. The second-order valence-corrected chi connectivity index (χ2v) is 4.76. The summed E-state index contributed by atoms with van der Waals surface area (Å²) in [5.74, 6) is 0. The van der Waals surface area contributed by atoms with Gasteiger partial charge in [-0.3, -0.25) is 4.98 Å². The molecule has 1 aromatic heterocycles. The number of pyridine rings is 1. The third-order valence-corrected chi connectivity index (χ3v) is 3.40. The van der Waals surface area contributed by atoms with Gasteiger partial charge in [-0.1, -0.05) is 24.3 Å². The molecular formula is C13H12INO. The molecule has 82 valence electrons. The summed E-state index contributed by atoms with van der Waals surface area (Å²) in [7, 11) is 0. The standard InChI is InChI=1S/C13H12INO/c14-12-6-2-1-5-11(12)13(16)8-10-4-3-7-15-9-10/h1-7,9,13,16H,8H2. The maximum atomic E-state index is 10.1. The summed E-state index contributed by atoms with van der Waals surface area (Å²) in [6.45, 7) is 0. The molecule has 1 atom stereocenters. The average Bonchev–Trinajstić information content (AvgIpc) is 2.31. The van der Waals surface area contributed by atoms with Crippen molar-refractivity contribution in [2.45, 2.75) is 12.5 Å². The maximum Gasteiger partial charge on any atom is 0.0841 e. The molecule has 0 fully saturated rings. The molecule has 0 saturated carbocycles. The number of rotatable bonds is 3. The van der Waals surface area contributed by atoms with Crippen LogP contribution in [-0.4, -0.2) is 10.1 Å². The van der Waals surface area contributed by atoms with Crippen molar-refractivity contribution in [1.29, 1.82) is 0 Å². The van der Waals surface area contributed by atoms with E-state index in [0.29, 0.717) is 6.42 Å². The summed E-state index contributed by atoms with van der Waals surface area (Å²) < 4.78 is 1.09. The molecule has 0 aliphatic rings. The summed E-state index contributed by atoms with van der Waals surface area (Å²) in [6, 6.07) is 11.8. The van der Waals surface area contributed by atoms with Gasteiger partial charge in [0.15, 0.2) is 0 Å². The molecule has 1 N–H and O–H groups in total. The van der Waals surface area contributed by atoms with E-state index < -0.39 is 6.10 Å². The smallest absolute Gasteiger partial charge is 0.0841 e. The Kier molecular flexibility index (Phi) is 3.90. The molecule has 1 aromatic carbocycles. The van der Waals surface area contributed by atoms with E-state index in [1.165, 1.54) is 0 Å². The molecule has 0 aliphatic heterocycles. The SMILES string of the molecule is OC(Cc1cccnc1)c1ccccc1I. The van der Waals surface area contributed by atoms with Gasteiger partial charge in [0, 0.05) is 22.4 Å². The molecule has 0 spiro atoms. The second kappa shape index (κ2) is 5.41. The van der Waals surface area contributed by atoms with Gasteiger partial charge in [-0.25, -0.2) is 0 Å². The van der Waals surface area contributed by atoms with Gasteiger partial charge >= 0.3 is 0 Å². The zero-order chi connectivity index (χ0) is 11.4. The van der Waals surface area contributed by atoms with E-state index in [4.69, 9.17) is 0 Å². The zero-order valence-corrected chi connectivity index (χ0v) is 10.8. The van der Waals surface area contributed by atoms with Gasteiger partial charge in [0.2, 0.25) is 0 Å². The summed E-state index contributed by atoms with van der Waals surface area (Å²) in [5, 5.41) is 10.1. The largest absolute Gasteiger partial charge is 0.388 e. The number of benzene rings is 1. The summed E-state index contributed by atoms with van der Waals surface area (Å²) in [4.78, 5) is 4.04. The van der Waals surface area contributed by atoms with E-state index in [0.717, 1.165) is 14.7 Å². The van der Waals surface area contributed by atoms with E-state index in [2.05, 4.69) is 27.6 Å². The second-order valence-electron chi connectivity index (χ2n) is 3.60. The van der Waals surface area contributed by atoms with Crippen molar-refractivity contribution in [2.75, 3.05) is 0 Å². The number of halogens is 1. The number of aromatic nitrogens is 1. The number of nitrogens with zero attached hydrogens (tertiary/aromatic N) is 1. The molecule has 2 rings (SSSR count). The van der Waals surface area contributed by atoms with E-state index >= 15 is 0 Å². The zero-order valence-electron chi connectivity index (χ0n) is 8.68. The third kappa shape index (κ3) is 2.80. The van der Waals surface area contributed by atoms with Gasteiger partial charge in [0.05, 0.1) is 6.10 Å². The van der Waals surface area contributed by atoms with Crippen LogP contribution in [0.3, 0.4) is 0 Å². The fourth-order valence-electron chi connectivity index (χ4n) is 1.60. The fraction of sp³-hybridized carbons (Fsp3) is 0.154. The van der Waals surface area contributed by atoms with Crippen molar-refractivity contribution in [3.05, 3.63) is 63.5 Å². The molecule has 0 aliphatic carbocycles. The number of hydrogen-bond acceptors (Lipinski definition) is 2. The number of aliphatic hydroxyl groups excluding tert-OH is 1. The van der Waals surface area contributed by atoms with Crippen LogP contribution < -0.4 is 0 Å². The van der Waals surface area contributed by atoms with E-state index in [1.54, 1.807) is 12.4 Å². The lowest BCUT2D eigenvalue weighted by Gasteiger charge is -2.12. The Morgan fingerprint density at radius 1 is 1.19 bits per heavy atom. The minimum Gasteiger partial charge on any atom is -0.388 e. The average molecular weight is 325 g/mol. The molecule has 3 heteroatoms. The van der Waals surface area contributed by atoms with Crippen LogP contribution in [0.25, 0.3) is 0 Å². The van der Waals surface area contributed by atoms with Crippen LogP contribution in [0.4, 0.5) is 0 Å². The Morgan fingerprint density at radius 3 is 2.69 bits per heavy atom. The molecule has 2 aromatic rings. The third-order valence-electron chi connectivity index (χ3n) is 2.42. The van der Waals surface area contributed by atoms with Gasteiger partial charge in [-0.15, -0.1) is 0 Å². The molecule has 0 saturated heterocycles. The highest BCUT2D eigenvalue weighted by Gasteiger charge is 2.11. The Morgan fingerprint density at radius 2 is 2.00 bits per heavy atom. The Balaban J connectivity index is 2.15. The Labute approximate surface area is 108 Å². The van der Waals surface area contributed by atoms with Crippen LogP contribution in [0, 0.1) is 3.57 Å². The molecule has 0 amide bonds. The summed E-state index contributed by atoms with van der Waals surface area (Å²) in [6.07, 6.45) is 3.67. The van der Waals surface area contributed by atoms with Gasteiger partial charge < -0.3 is 5.11 Å². The first kappa shape index (κ1) is 11.5. The summed E-state index contributed by atoms with van der Waals surface area (Å²) in [5.41, 5.74) is 2.03. The van der Waals surface area contributed by atoms with Gasteiger partial charge in [0.1, 0.15) is 0 Å². The minimum atomic E-state index is -0.461. The Bertz CT molecular complexity index is 458. The van der Waals surface area contributed by atoms with Gasteiger partial charge in [0.25, 0.3) is 0 Å². The van der Waals surface area contributed by atoms with E-state index in [-0.39, 0.29) is 0 Å². The van der Waals surface area contributed by atoms with Crippen molar-refractivity contribution in [1.82, 2.24) is 4.98 Å². The lowest BCUT2D eigenvalue weighted by atomic mass is 10.0. The molecular weight excluding hydrogens is 313 g/mol. The first-order chi connectivity index (χ1) is 7.77. The van der Waals surface area contributed by atoms with Crippen molar-refractivity contribution in [3.8, 4) is 0 Å². The van der Waals surface area contributed by atoms with Crippen molar-refractivity contribution < 1.29 is 5.11 Å². The monoisotopic (exact) mass is 325 g/mol. The Hall–Kier alpha value is -0.940. The van der Waals surface area contributed by atoms with Crippen molar-refractivity contribution in [2.24, 2.45) is 0 Å². The molecule has 2 nitrogen and oxygen atoms in total. The predicted octanol–water partition coefficient (Wildman–Crippen LogP) is 2.96. The van der Waals surface area contributed by atoms with Crippen LogP contribution in [0.1, 0.15) is 17.2 Å². The highest BCUT2D eigenvalue weighted by molar-refractivity contribution is 14.1. The number of hydrogen-bond donors (Lipinski definition) is 1. The normalized spacial score (nSPS) is 12.4. The van der Waals surface area contributed by atoms with E-state index in [1.807, 2.05) is 36.4 Å². The van der Waals surface area contributed by atoms with Crippen molar-refractivity contribution in [3.63, 3.8) is 0 Å². The van der Waals surface area contributed by atoms with Gasteiger partial charge in [-0.05, 0) is 45.9 Å². The first-order valence-corrected chi connectivity index (χ1v) is 6.16.